The number of imide groups is 1. The van der Waals surface area contributed by atoms with Gasteiger partial charge in [0, 0.05) is 4.47 Å². The summed E-state index contributed by atoms with van der Waals surface area (Å²) in [6.45, 7) is 0. The van der Waals surface area contributed by atoms with Gasteiger partial charge in [-0.25, -0.2) is 0 Å². The fourth-order valence-corrected chi connectivity index (χ4v) is 5.67. The van der Waals surface area contributed by atoms with Crippen molar-refractivity contribution in [3.63, 3.8) is 0 Å². The van der Waals surface area contributed by atoms with Gasteiger partial charge in [0.15, 0.2) is 0 Å². The zero-order valence-corrected chi connectivity index (χ0v) is 14.5. The quantitative estimate of drug-likeness (QED) is 0.513. The summed E-state index contributed by atoms with van der Waals surface area (Å²) >= 11 is 2.89. The minimum atomic E-state index is -4.56. The van der Waals surface area contributed by atoms with E-state index in [0.29, 0.717) is 0 Å². The number of hydrogen-bond donors (Lipinski definition) is 0. The highest BCUT2D eigenvalue weighted by Gasteiger charge is 2.73. The summed E-state index contributed by atoms with van der Waals surface area (Å²) in [6.07, 6.45) is 1.57. The van der Waals surface area contributed by atoms with Gasteiger partial charge in [0.05, 0.1) is 23.1 Å². The van der Waals surface area contributed by atoms with E-state index in [1.807, 2.05) is 12.2 Å². The number of carbonyl (C=O) groups excluding carboxylic acids is 2. The molecule has 0 aromatic heterocycles. The average Bonchev–Trinajstić information content (AvgIpc) is 3.13. The maximum atomic E-state index is 13.2. The van der Waals surface area contributed by atoms with Crippen LogP contribution in [0.2, 0.25) is 0 Å². The number of allylic oxidation sites excluding steroid dienone is 2. The molecule has 7 heteroatoms. The Bertz CT molecular complexity index is 824. The topological polar surface area (TPSA) is 37.4 Å². The maximum Gasteiger partial charge on any atom is 0.417 e. The number of alkyl halides is 3. The number of carbonyl (C=O) groups is 2. The van der Waals surface area contributed by atoms with Crippen LogP contribution >= 0.6 is 15.9 Å². The van der Waals surface area contributed by atoms with E-state index in [4.69, 9.17) is 0 Å². The molecule has 130 valence electrons. The summed E-state index contributed by atoms with van der Waals surface area (Å²) in [5, 5.41) is 0. The molecule has 2 saturated carbocycles. The third kappa shape index (κ3) is 1.82. The molecule has 3 nitrogen and oxygen atoms in total. The van der Waals surface area contributed by atoms with Gasteiger partial charge in [-0.2, -0.15) is 13.2 Å². The molecule has 2 unspecified atom stereocenters. The highest BCUT2D eigenvalue weighted by atomic mass is 79.9. The van der Waals surface area contributed by atoms with Gasteiger partial charge < -0.3 is 0 Å². The van der Waals surface area contributed by atoms with E-state index < -0.39 is 23.6 Å². The summed E-state index contributed by atoms with van der Waals surface area (Å²) in [5.74, 6) is -1.42. The molecule has 2 amide bonds. The van der Waals surface area contributed by atoms with E-state index in [1.165, 1.54) is 12.1 Å². The Morgan fingerprint density at radius 2 is 1.60 bits per heavy atom. The molecular formula is C18H13BrF3NO2. The van der Waals surface area contributed by atoms with E-state index >= 15 is 0 Å². The second kappa shape index (κ2) is 4.55. The van der Waals surface area contributed by atoms with E-state index in [1.54, 1.807) is 0 Å². The molecule has 5 rings (SSSR count). The van der Waals surface area contributed by atoms with Crippen LogP contribution in [0.5, 0.6) is 0 Å². The molecule has 1 saturated heterocycles. The van der Waals surface area contributed by atoms with Crippen LogP contribution < -0.4 is 4.90 Å². The van der Waals surface area contributed by atoms with Crippen LogP contribution in [0.3, 0.4) is 0 Å². The molecule has 3 fully saturated rings. The van der Waals surface area contributed by atoms with Crippen LogP contribution in [0.15, 0.2) is 34.8 Å². The molecule has 4 atom stereocenters. The third-order valence-corrected chi connectivity index (χ3v) is 7.06. The van der Waals surface area contributed by atoms with Crippen molar-refractivity contribution in [1.82, 2.24) is 0 Å². The molecule has 4 aliphatic rings. The van der Waals surface area contributed by atoms with Crippen molar-refractivity contribution in [2.24, 2.45) is 29.1 Å². The maximum absolute atomic E-state index is 13.2. The summed E-state index contributed by atoms with van der Waals surface area (Å²) in [7, 11) is 0. The standard InChI is InChI=1S/C18H13BrF3NO2/c19-12-4-1-8(7-11(12)18(20,21)22)23-15(24)13-9-2-3-10(14(13)16(23)25)17(9)5-6-17/h1-4,7,9-10,13-14H,5-6H2/t9-,10?,13+,14?/m1/s1. The Kier molecular flexibility index (Phi) is 2.84. The lowest BCUT2D eigenvalue weighted by molar-refractivity contribution is -0.138. The molecule has 0 N–H and O–H groups in total. The molecule has 1 aromatic carbocycles. The first-order valence-corrected chi connectivity index (χ1v) is 8.98. The summed E-state index contributed by atoms with van der Waals surface area (Å²) < 4.78 is 39.4. The lowest BCUT2D eigenvalue weighted by Gasteiger charge is -2.22. The molecule has 3 aliphatic carbocycles. The van der Waals surface area contributed by atoms with E-state index in [2.05, 4.69) is 15.9 Å². The van der Waals surface area contributed by atoms with Crippen molar-refractivity contribution in [3.8, 4) is 0 Å². The minimum Gasteiger partial charge on any atom is -0.274 e. The predicted molar refractivity (Wildman–Crippen MR) is 86.4 cm³/mol. The number of rotatable bonds is 1. The van der Waals surface area contributed by atoms with Crippen LogP contribution in [0.1, 0.15) is 18.4 Å². The van der Waals surface area contributed by atoms with Gasteiger partial charge >= 0.3 is 6.18 Å². The van der Waals surface area contributed by atoms with Crippen molar-refractivity contribution in [2.45, 2.75) is 19.0 Å². The Balaban J connectivity index is 1.56. The Hall–Kier alpha value is -1.63. The predicted octanol–water partition coefficient (Wildman–Crippen LogP) is 4.17. The first-order chi connectivity index (χ1) is 11.8. The molecule has 25 heavy (non-hydrogen) atoms. The van der Waals surface area contributed by atoms with E-state index in [0.717, 1.165) is 23.8 Å². The van der Waals surface area contributed by atoms with Crippen LogP contribution in [-0.4, -0.2) is 11.8 Å². The van der Waals surface area contributed by atoms with E-state index in [9.17, 15) is 22.8 Å². The largest absolute Gasteiger partial charge is 0.417 e. The number of halogens is 4. The average molecular weight is 412 g/mol. The van der Waals surface area contributed by atoms with Gasteiger partial charge in [0.2, 0.25) is 11.8 Å². The lowest BCUT2D eigenvalue weighted by Crippen LogP contribution is -2.35. The molecule has 1 heterocycles. The van der Waals surface area contributed by atoms with Gasteiger partial charge in [-0.3, -0.25) is 14.5 Å². The third-order valence-electron chi connectivity index (χ3n) is 6.37. The van der Waals surface area contributed by atoms with Gasteiger partial charge in [-0.1, -0.05) is 28.1 Å². The van der Waals surface area contributed by atoms with Gasteiger partial charge in [0.25, 0.3) is 0 Å². The second-order valence-corrected chi connectivity index (χ2v) is 8.25. The zero-order chi connectivity index (χ0) is 17.7. The number of hydrogen-bond acceptors (Lipinski definition) is 2. The van der Waals surface area contributed by atoms with Gasteiger partial charge in [0.1, 0.15) is 0 Å². The number of nitrogens with zero attached hydrogens (tertiary/aromatic N) is 1. The first-order valence-electron chi connectivity index (χ1n) is 8.18. The molecular weight excluding hydrogens is 399 g/mol. The lowest BCUT2D eigenvalue weighted by atomic mass is 9.85. The minimum absolute atomic E-state index is 0.00386. The molecule has 0 radical (unpaired) electrons. The number of amides is 2. The van der Waals surface area contributed by atoms with Crippen LogP contribution in [0.25, 0.3) is 0 Å². The Morgan fingerprint density at radius 3 is 2.08 bits per heavy atom. The fraction of sp³-hybridized carbons (Fsp3) is 0.444. The second-order valence-electron chi connectivity index (χ2n) is 7.39. The van der Waals surface area contributed by atoms with E-state index in [-0.39, 0.29) is 39.2 Å². The van der Waals surface area contributed by atoms with Crippen molar-refractivity contribution in [3.05, 3.63) is 40.4 Å². The summed E-state index contributed by atoms with van der Waals surface area (Å²) in [5.41, 5.74) is -0.810. The summed E-state index contributed by atoms with van der Waals surface area (Å²) in [6, 6.07) is 3.50. The smallest absolute Gasteiger partial charge is 0.274 e. The van der Waals surface area contributed by atoms with Gasteiger partial charge in [-0.15, -0.1) is 0 Å². The number of anilines is 1. The van der Waals surface area contributed by atoms with Crippen LogP contribution in [-0.2, 0) is 15.8 Å². The number of fused-ring (bicyclic) bond motifs is 3. The molecule has 1 aliphatic heterocycles. The normalized spacial score (nSPS) is 34.3. The molecule has 1 aromatic rings. The van der Waals surface area contributed by atoms with Crippen molar-refractivity contribution < 1.29 is 22.8 Å². The van der Waals surface area contributed by atoms with Crippen molar-refractivity contribution >= 4 is 33.4 Å². The van der Waals surface area contributed by atoms with Gasteiger partial charge in [-0.05, 0) is 48.3 Å². The zero-order valence-electron chi connectivity index (χ0n) is 12.9. The molecule has 1 spiro atoms. The van der Waals surface area contributed by atoms with Crippen LogP contribution in [0.4, 0.5) is 18.9 Å². The first kappa shape index (κ1) is 15.6. The SMILES string of the molecule is O=C1C2C3C=C[C@H]([C@@H]2C(=O)N1c1ccc(Br)c(C(F)(F)F)c1)C31CC1. The van der Waals surface area contributed by atoms with Crippen LogP contribution in [0, 0.1) is 29.1 Å². The molecule has 2 bridgehead atoms. The van der Waals surface area contributed by atoms with Crippen molar-refractivity contribution in [1.29, 1.82) is 0 Å². The fourth-order valence-electron chi connectivity index (χ4n) is 5.20. The highest BCUT2D eigenvalue weighted by molar-refractivity contribution is 9.10. The van der Waals surface area contributed by atoms with Crippen molar-refractivity contribution in [2.75, 3.05) is 4.90 Å². The Labute approximate surface area is 150 Å². The highest BCUT2D eigenvalue weighted by Crippen LogP contribution is 2.73. The monoisotopic (exact) mass is 411 g/mol. The summed E-state index contributed by atoms with van der Waals surface area (Å²) in [4.78, 5) is 26.8. The number of benzene rings is 1. The Morgan fingerprint density at radius 1 is 1.04 bits per heavy atom.